The second-order valence-corrected chi connectivity index (χ2v) is 7.64. The van der Waals surface area contributed by atoms with E-state index in [1.165, 1.54) is 18.1 Å². The van der Waals surface area contributed by atoms with Crippen LogP contribution in [0.15, 0.2) is 42.1 Å². The highest BCUT2D eigenvalue weighted by atomic mass is 16.6. The SMILES string of the molecule is COC(=O)/C(=C\C1CCCN1C(=O)OC(C)(C)C)NC(=O)OCc1ccccc1. The number of ether oxygens (including phenoxy) is 3. The molecular weight excluding hydrogens is 376 g/mol. The molecule has 1 heterocycles. The van der Waals surface area contributed by atoms with Crippen molar-refractivity contribution in [1.29, 1.82) is 0 Å². The maximum absolute atomic E-state index is 12.4. The van der Waals surface area contributed by atoms with Gasteiger partial charge in [-0.1, -0.05) is 30.3 Å². The zero-order chi connectivity index (χ0) is 21.4. The zero-order valence-electron chi connectivity index (χ0n) is 17.3. The van der Waals surface area contributed by atoms with Gasteiger partial charge in [0.15, 0.2) is 0 Å². The van der Waals surface area contributed by atoms with Gasteiger partial charge in [-0.2, -0.15) is 0 Å². The summed E-state index contributed by atoms with van der Waals surface area (Å²) in [7, 11) is 1.22. The van der Waals surface area contributed by atoms with Gasteiger partial charge in [-0.25, -0.2) is 14.4 Å². The van der Waals surface area contributed by atoms with Gasteiger partial charge in [-0.05, 0) is 45.3 Å². The molecule has 0 bridgehead atoms. The maximum atomic E-state index is 12.4. The minimum atomic E-state index is -0.785. The number of amides is 2. The van der Waals surface area contributed by atoms with E-state index in [2.05, 4.69) is 5.32 Å². The Labute approximate surface area is 170 Å². The fourth-order valence-electron chi connectivity index (χ4n) is 2.85. The highest BCUT2D eigenvalue weighted by Gasteiger charge is 2.32. The lowest BCUT2D eigenvalue weighted by atomic mass is 10.2. The largest absolute Gasteiger partial charge is 0.464 e. The first-order valence-electron chi connectivity index (χ1n) is 9.47. The number of esters is 1. The first-order chi connectivity index (χ1) is 13.7. The number of carbonyl (C=O) groups is 3. The Morgan fingerprint density at radius 3 is 2.52 bits per heavy atom. The van der Waals surface area contributed by atoms with Crippen LogP contribution in [0.3, 0.4) is 0 Å². The Kier molecular flexibility index (Phi) is 7.64. The normalized spacial score (nSPS) is 16.9. The van der Waals surface area contributed by atoms with E-state index >= 15 is 0 Å². The number of benzene rings is 1. The molecule has 158 valence electrons. The number of carbonyl (C=O) groups excluding carboxylic acids is 3. The molecule has 8 heteroatoms. The molecule has 1 saturated heterocycles. The van der Waals surface area contributed by atoms with Crippen molar-refractivity contribution < 1.29 is 28.6 Å². The number of methoxy groups -OCH3 is 1. The van der Waals surface area contributed by atoms with Crippen LogP contribution >= 0.6 is 0 Å². The Morgan fingerprint density at radius 1 is 1.21 bits per heavy atom. The predicted molar refractivity (Wildman–Crippen MR) is 106 cm³/mol. The van der Waals surface area contributed by atoms with Gasteiger partial charge in [0.05, 0.1) is 13.2 Å². The lowest BCUT2D eigenvalue weighted by Gasteiger charge is -2.27. The molecule has 1 aromatic rings. The summed E-state index contributed by atoms with van der Waals surface area (Å²) in [5.74, 6) is -0.724. The molecule has 1 aromatic carbocycles. The van der Waals surface area contributed by atoms with Gasteiger partial charge < -0.3 is 19.1 Å². The van der Waals surface area contributed by atoms with E-state index in [0.717, 1.165) is 12.0 Å². The smallest absolute Gasteiger partial charge is 0.412 e. The third-order valence-corrected chi connectivity index (χ3v) is 4.14. The first kappa shape index (κ1) is 22.3. The Balaban J connectivity index is 2.06. The number of alkyl carbamates (subject to hydrolysis) is 1. The third kappa shape index (κ3) is 7.14. The van der Waals surface area contributed by atoms with E-state index in [1.54, 1.807) is 20.8 Å². The topological polar surface area (TPSA) is 94.2 Å². The van der Waals surface area contributed by atoms with Gasteiger partial charge in [0.1, 0.15) is 17.9 Å². The van der Waals surface area contributed by atoms with Crippen LogP contribution in [0.25, 0.3) is 0 Å². The molecule has 2 rings (SSSR count). The fourth-order valence-corrected chi connectivity index (χ4v) is 2.85. The van der Waals surface area contributed by atoms with Crippen molar-refractivity contribution in [2.75, 3.05) is 13.7 Å². The molecule has 2 amide bonds. The number of hydrogen-bond donors (Lipinski definition) is 1. The van der Waals surface area contributed by atoms with Gasteiger partial charge >= 0.3 is 18.2 Å². The lowest BCUT2D eigenvalue weighted by molar-refractivity contribution is -0.136. The minimum absolute atomic E-state index is 0.0641. The molecule has 8 nitrogen and oxygen atoms in total. The lowest BCUT2D eigenvalue weighted by Crippen LogP contribution is -2.40. The predicted octanol–water partition coefficient (Wildman–Crippen LogP) is 3.37. The summed E-state index contributed by atoms with van der Waals surface area (Å²) >= 11 is 0. The quantitative estimate of drug-likeness (QED) is 0.459. The minimum Gasteiger partial charge on any atom is -0.464 e. The summed E-state index contributed by atoms with van der Waals surface area (Å²) in [5, 5.41) is 2.42. The molecule has 0 radical (unpaired) electrons. The van der Waals surface area contributed by atoms with Gasteiger partial charge in [-0.3, -0.25) is 5.32 Å². The molecule has 1 aliphatic heterocycles. The fraction of sp³-hybridized carbons (Fsp3) is 0.476. The van der Waals surface area contributed by atoms with Crippen molar-refractivity contribution in [3.05, 3.63) is 47.7 Å². The number of hydrogen-bond acceptors (Lipinski definition) is 6. The first-order valence-corrected chi connectivity index (χ1v) is 9.47. The van der Waals surface area contributed by atoms with Crippen LogP contribution in [0.2, 0.25) is 0 Å². The summed E-state index contributed by atoms with van der Waals surface area (Å²) in [6.45, 7) is 5.93. The van der Waals surface area contributed by atoms with Crippen LogP contribution in [-0.4, -0.2) is 48.4 Å². The molecule has 0 aromatic heterocycles. The number of rotatable bonds is 5. The van der Waals surface area contributed by atoms with E-state index in [4.69, 9.17) is 14.2 Å². The summed E-state index contributed by atoms with van der Waals surface area (Å²) in [5.41, 5.74) is 0.114. The average molecular weight is 404 g/mol. The zero-order valence-corrected chi connectivity index (χ0v) is 17.3. The molecular formula is C21H28N2O6. The summed E-state index contributed by atoms with van der Waals surface area (Å²) in [6.07, 6.45) is 1.65. The van der Waals surface area contributed by atoms with Crippen molar-refractivity contribution in [3.8, 4) is 0 Å². The molecule has 1 atom stereocenters. The average Bonchev–Trinajstić information content (AvgIpc) is 3.13. The monoisotopic (exact) mass is 404 g/mol. The number of likely N-dealkylation sites (tertiary alicyclic amines) is 1. The van der Waals surface area contributed by atoms with E-state index in [9.17, 15) is 14.4 Å². The Hall–Kier alpha value is -3.03. The van der Waals surface area contributed by atoms with Crippen LogP contribution in [0.4, 0.5) is 9.59 Å². The van der Waals surface area contributed by atoms with Crippen LogP contribution < -0.4 is 5.32 Å². The Morgan fingerprint density at radius 2 is 1.90 bits per heavy atom. The molecule has 1 unspecified atom stereocenters. The molecule has 1 N–H and O–H groups in total. The summed E-state index contributed by atoms with van der Waals surface area (Å²) < 4.78 is 15.3. The molecule has 1 fully saturated rings. The highest BCUT2D eigenvalue weighted by Crippen LogP contribution is 2.22. The van der Waals surface area contributed by atoms with Crippen molar-refractivity contribution in [2.45, 2.75) is 51.9 Å². The maximum Gasteiger partial charge on any atom is 0.412 e. The van der Waals surface area contributed by atoms with E-state index in [0.29, 0.717) is 13.0 Å². The standard InChI is InChI=1S/C21H28N2O6/c1-21(2,3)29-20(26)23-12-8-11-16(23)13-17(18(24)27-4)22-19(25)28-14-15-9-6-5-7-10-15/h5-7,9-10,13,16H,8,11-12,14H2,1-4H3,(H,22,25)/b17-13+. The van der Waals surface area contributed by atoms with E-state index < -0.39 is 29.8 Å². The van der Waals surface area contributed by atoms with Crippen LogP contribution in [0.1, 0.15) is 39.2 Å². The Bertz CT molecular complexity index is 754. The number of nitrogens with zero attached hydrogens (tertiary/aromatic N) is 1. The van der Waals surface area contributed by atoms with Gasteiger partial charge in [0.25, 0.3) is 0 Å². The summed E-state index contributed by atoms with van der Waals surface area (Å²) in [4.78, 5) is 38.2. The second kappa shape index (κ2) is 9.95. The van der Waals surface area contributed by atoms with Crippen molar-refractivity contribution in [3.63, 3.8) is 0 Å². The molecule has 0 spiro atoms. The van der Waals surface area contributed by atoms with E-state index in [1.807, 2.05) is 30.3 Å². The van der Waals surface area contributed by atoms with Crippen molar-refractivity contribution in [1.82, 2.24) is 10.2 Å². The van der Waals surface area contributed by atoms with Crippen molar-refractivity contribution in [2.24, 2.45) is 0 Å². The van der Waals surface area contributed by atoms with Crippen LogP contribution in [0.5, 0.6) is 0 Å². The van der Waals surface area contributed by atoms with Crippen LogP contribution in [-0.2, 0) is 25.6 Å². The third-order valence-electron chi connectivity index (χ3n) is 4.14. The van der Waals surface area contributed by atoms with E-state index in [-0.39, 0.29) is 12.3 Å². The van der Waals surface area contributed by atoms with Crippen LogP contribution in [0, 0.1) is 0 Å². The van der Waals surface area contributed by atoms with Gasteiger partial charge in [0.2, 0.25) is 0 Å². The van der Waals surface area contributed by atoms with Crippen molar-refractivity contribution >= 4 is 18.2 Å². The number of nitrogens with one attached hydrogen (secondary N) is 1. The second-order valence-electron chi connectivity index (χ2n) is 7.64. The summed E-state index contributed by atoms with van der Waals surface area (Å²) in [6, 6.07) is 8.78. The molecule has 0 saturated carbocycles. The molecule has 0 aliphatic carbocycles. The van der Waals surface area contributed by atoms with Gasteiger partial charge in [-0.15, -0.1) is 0 Å². The molecule has 1 aliphatic rings. The molecule has 29 heavy (non-hydrogen) atoms. The van der Waals surface area contributed by atoms with Gasteiger partial charge in [0, 0.05) is 6.54 Å². The highest BCUT2D eigenvalue weighted by molar-refractivity contribution is 5.92.